The van der Waals surface area contributed by atoms with E-state index in [9.17, 15) is 0 Å². The quantitative estimate of drug-likeness (QED) is 0.434. The van der Waals surface area contributed by atoms with Crippen LogP contribution < -0.4 is 21.7 Å². The predicted molar refractivity (Wildman–Crippen MR) is 36.8 cm³/mol. The van der Waals surface area contributed by atoms with Gasteiger partial charge in [-0.3, -0.25) is 0 Å². The van der Waals surface area contributed by atoms with Crippen molar-refractivity contribution in [3.05, 3.63) is 18.2 Å². The van der Waals surface area contributed by atoms with Gasteiger partial charge < -0.3 is 22.2 Å². The van der Waals surface area contributed by atoms with Gasteiger partial charge in [-0.25, -0.2) is 4.57 Å². The first-order valence-corrected chi connectivity index (χ1v) is 3.50. The van der Waals surface area contributed by atoms with E-state index in [2.05, 4.69) is 6.92 Å². The van der Waals surface area contributed by atoms with Gasteiger partial charge in [-0.2, -0.15) is 0 Å². The number of nitrogens with zero attached hydrogens (tertiary/aromatic N) is 2. The van der Waals surface area contributed by atoms with Gasteiger partial charge in [-0.15, -0.1) is 0 Å². The fourth-order valence-electron chi connectivity index (χ4n) is 1.01. The second kappa shape index (κ2) is 4.38. The molecule has 0 saturated heterocycles. The summed E-state index contributed by atoms with van der Waals surface area (Å²) in [7, 11) is 1.93. The maximum absolute atomic E-state index is 9.16. The van der Waals surface area contributed by atoms with Crippen molar-refractivity contribution in [2.45, 2.75) is 19.8 Å². The first-order chi connectivity index (χ1) is 4.75. The molecule has 0 amide bonds. The summed E-state index contributed by atoms with van der Waals surface area (Å²) in [5.74, 6) is 0.947. The second-order valence-corrected chi connectivity index (χ2v) is 2.42. The lowest BCUT2D eigenvalue weighted by Gasteiger charge is -1.91. The largest absolute Gasteiger partial charge is 1.00 e. The van der Waals surface area contributed by atoms with Gasteiger partial charge in [0.1, 0.15) is 6.20 Å². The zero-order chi connectivity index (χ0) is 7.56. The number of imidazole rings is 1. The molecule has 0 fully saturated rings. The van der Waals surface area contributed by atoms with E-state index in [-0.39, 0.29) is 17.0 Å². The summed E-state index contributed by atoms with van der Waals surface area (Å²) in [4.78, 5) is 0. The average molecular weight is 221 g/mol. The van der Waals surface area contributed by atoms with Crippen molar-refractivity contribution in [1.82, 2.24) is 4.57 Å². The van der Waals surface area contributed by atoms with Crippen LogP contribution in [-0.2, 0) is 13.5 Å². The summed E-state index contributed by atoms with van der Waals surface area (Å²) in [6.07, 6.45) is 5.45. The molecule has 4 heteroatoms. The van der Waals surface area contributed by atoms with Crippen molar-refractivity contribution >= 4 is 0 Å². The number of hydrogen-bond acceptors (Lipinski definition) is 1. The Hall–Kier alpha value is -0.510. The Morgan fingerprint density at radius 2 is 2.27 bits per heavy atom. The molecule has 1 aromatic heterocycles. The molecule has 0 bridgehead atoms. The van der Waals surface area contributed by atoms with E-state index in [4.69, 9.17) is 5.21 Å². The summed E-state index contributed by atoms with van der Waals surface area (Å²) < 4.78 is 3.09. The molecular weight excluding hydrogens is 208 g/mol. The summed E-state index contributed by atoms with van der Waals surface area (Å²) >= 11 is 0. The molecule has 0 aliphatic carbocycles. The van der Waals surface area contributed by atoms with Crippen LogP contribution in [-0.4, -0.2) is 9.77 Å². The van der Waals surface area contributed by atoms with E-state index < -0.39 is 0 Å². The van der Waals surface area contributed by atoms with Crippen LogP contribution in [0.25, 0.3) is 0 Å². The molecule has 0 unspecified atom stereocenters. The van der Waals surface area contributed by atoms with E-state index in [0.29, 0.717) is 0 Å². The Balaban J connectivity index is 0.000001000. The minimum atomic E-state index is 0. The molecule has 1 heterocycles. The zero-order valence-corrected chi connectivity index (χ0v) is 8.37. The lowest BCUT2D eigenvalue weighted by molar-refractivity contribution is -0.909. The lowest BCUT2D eigenvalue weighted by Crippen LogP contribution is -3.00. The van der Waals surface area contributed by atoms with Gasteiger partial charge >= 0.3 is 0 Å². The number of hydrogen-bond donors (Lipinski definition) is 1. The highest BCUT2D eigenvalue weighted by Gasteiger charge is 2.10. The number of rotatable bonds is 2. The van der Waals surface area contributed by atoms with Crippen LogP contribution in [0.1, 0.15) is 19.2 Å². The first-order valence-electron chi connectivity index (χ1n) is 3.50. The van der Waals surface area contributed by atoms with Crippen molar-refractivity contribution < 1.29 is 26.9 Å². The molecular formula is C7H13BrN2O. The monoisotopic (exact) mass is 220 g/mol. The van der Waals surface area contributed by atoms with E-state index in [1.165, 1.54) is 4.73 Å². The van der Waals surface area contributed by atoms with Gasteiger partial charge in [0.15, 0.2) is 6.20 Å². The Kier molecular flexibility index (Phi) is 4.18. The summed E-state index contributed by atoms with van der Waals surface area (Å²) in [5.41, 5.74) is 0. The van der Waals surface area contributed by atoms with Crippen LogP contribution in [0.3, 0.4) is 0 Å². The highest BCUT2D eigenvalue weighted by Crippen LogP contribution is 1.94. The third kappa shape index (κ3) is 2.22. The van der Waals surface area contributed by atoms with Crippen LogP contribution in [0.15, 0.2) is 12.4 Å². The fourth-order valence-corrected chi connectivity index (χ4v) is 1.01. The zero-order valence-electron chi connectivity index (χ0n) is 6.79. The molecule has 0 aliphatic heterocycles. The lowest BCUT2D eigenvalue weighted by atomic mass is 10.3. The topological polar surface area (TPSA) is 29.0 Å². The predicted octanol–water partition coefficient (Wildman–Crippen LogP) is -2.49. The number of aryl methyl sites for hydroxylation is 1. The SMILES string of the molecule is CCCc1n(C)cc[n+]1O.[Br-]. The van der Waals surface area contributed by atoms with E-state index in [1.54, 1.807) is 6.20 Å². The molecule has 0 aliphatic rings. The minimum Gasteiger partial charge on any atom is -1.00 e. The standard InChI is InChI=1S/C7H13N2O.BrH/c1-3-4-7-8(2)5-6-9(7)10;/h5-6,10H,3-4H2,1-2H3;1H/q+1;/p-1. The van der Waals surface area contributed by atoms with Crippen molar-refractivity contribution in [3.63, 3.8) is 0 Å². The third-order valence-electron chi connectivity index (χ3n) is 1.58. The smallest absolute Gasteiger partial charge is 0.296 e. The second-order valence-electron chi connectivity index (χ2n) is 2.42. The van der Waals surface area contributed by atoms with Crippen LogP contribution >= 0.6 is 0 Å². The highest BCUT2D eigenvalue weighted by molar-refractivity contribution is 4.80. The maximum atomic E-state index is 9.16. The number of aromatic nitrogens is 2. The minimum absolute atomic E-state index is 0. The molecule has 64 valence electrons. The molecule has 3 nitrogen and oxygen atoms in total. The summed E-state index contributed by atoms with van der Waals surface area (Å²) in [5, 5.41) is 9.16. The van der Waals surface area contributed by atoms with Crippen LogP contribution in [0.2, 0.25) is 0 Å². The molecule has 11 heavy (non-hydrogen) atoms. The fraction of sp³-hybridized carbons (Fsp3) is 0.571. The van der Waals surface area contributed by atoms with Gasteiger partial charge in [0, 0.05) is 0 Å². The van der Waals surface area contributed by atoms with Crippen LogP contribution in [0.5, 0.6) is 0 Å². The molecule has 1 rings (SSSR count). The van der Waals surface area contributed by atoms with Crippen molar-refractivity contribution in [3.8, 4) is 0 Å². The van der Waals surface area contributed by atoms with Gasteiger partial charge in [-0.1, -0.05) is 11.7 Å². The van der Waals surface area contributed by atoms with Crippen molar-refractivity contribution in [2.75, 3.05) is 0 Å². The van der Waals surface area contributed by atoms with Crippen molar-refractivity contribution in [1.29, 1.82) is 0 Å². The molecule has 0 atom stereocenters. The van der Waals surface area contributed by atoms with E-state index >= 15 is 0 Å². The average Bonchev–Trinajstić information content (AvgIpc) is 2.20. The highest BCUT2D eigenvalue weighted by atomic mass is 79.9. The number of halogens is 1. The maximum Gasteiger partial charge on any atom is 0.296 e. The molecule has 0 saturated carbocycles. The molecule has 1 N–H and O–H groups in total. The van der Waals surface area contributed by atoms with E-state index in [1.807, 2.05) is 17.8 Å². The Morgan fingerprint density at radius 1 is 1.64 bits per heavy atom. The van der Waals surface area contributed by atoms with E-state index in [0.717, 1.165) is 18.7 Å². The Morgan fingerprint density at radius 3 is 2.64 bits per heavy atom. The molecule has 0 aromatic carbocycles. The molecule has 1 aromatic rings. The van der Waals surface area contributed by atoms with Gasteiger partial charge in [0.05, 0.1) is 13.5 Å². The normalized spacial score (nSPS) is 9.27. The third-order valence-corrected chi connectivity index (χ3v) is 1.58. The van der Waals surface area contributed by atoms with Crippen LogP contribution in [0.4, 0.5) is 0 Å². The Labute approximate surface area is 77.0 Å². The summed E-state index contributed by atoms with van der Waals surface area (Å²) in [6.45, 7) is 2.09. The van der Waals surface area contributed by atoms with Gasteiger partial charge in [-0.05, 0) is 6.42 Å². The first kappa shape index (κ1) is 10.5. The molecule has 0 radical (unpaired) electrons. The van der Waals surface area contributed by atoms with Gasteiger partial charge in [0.2, 0.25) is 0 Å². The molecule has 0 spiro atoms. The van der Waals surface area contributed by atoms with Crippen LogP contribution in [0, 0.1) is 0 Å². The summed E-state index contributed by atoms with van der Waals surface area (Å²) in [6, 6.07) is 0. The van der Waals surface area contributed by atoms with Gasteiger partial charge in [0.25, 0.3) is 5.82 Å². The Bertz CT molecular complexity index is 203. The van der Waals surface area contributed by atoms with Crippen molar-refractivity contribution in [2.24, 2.45) is 7.05 Å².